The molecule has 0 spiro atoms. The molecule has 0 atom stereocenters. The second-order valence-electron chi connectivity index (χ2n) is 6.16. The first kappa shape index (κ1) is 17.0. The third-order valence-corrected chi connectivity index (χ3v) is 4.33. The van der Waals surface area contributed by atoms with Gasteiger partial charge in [0.2, 0.25) is 0 Å². The molecule has 1 fully saturated rings. The molecule has 3 rings (SSSR count). The van der Waals surface area contributed by atoms with Crippen LogP contribution in [0, 0.1) is 0 Å². The van der Waals surface area contributed by atoms with Crippen LogP contribution in [-0.4, -0.2) is 38.3 Å². The van der Waals surface area contributed by atoms with E-state index in [1.807, 2.05) is 12.1 Å². The van der Waals surface area contributed by atoms with Crippen molar-refractivity contribution in [3.05, 3.63) is 65.2 Å². The van der Waals surface area contributed by atoms with Gasteiger partial charge in [-0.25, -0.2) is 0 Å². The van der Waals surface area contributed by atoms with E-state index in [2.05, 4.69) is 46.6 Å². The Bertz CT molecular complexity index is 622. The highest BCUT2D eigenvalue weighted by atomic mass is 16.5. The van der Waals surface area contributed by atoms with Gasteiger partial charge in [0.1, 0.15) is 5.75 Å². The summed E-state index contributed by atoms with van der Waals surface area (Å²) in [6.07, 6.45) is 0. The molecule has 0 aromatic heterocycles. The standard InChI is InChI=1S/C20H26N2O2/c1-23-20-4-2-3-19(13-20)15-21-14-17-5-7-18(8-6-17)16-22-9-11-24-12-10-22/h2-8,13,21H,9-12,14-16H2,1H3. The van der Waals surface area contributed by atoms with Crippen LogP contribution in [0.25, 0.3) is 0 Å². The Morgan fingerprint density at radius 2 is 1.67 bits per heavy atom. The fourth-order valence-electron chi connectivity index (χ4n) is 2.91. The molecule has 0 aliphatic carbocycles. The minimum Gasteiger partial charge on any atom is -0.497 e. The summed E-state index contributed by atoms with van der Waals surface area (Å²) in [4.78, 5) is 2.44. The van der Waals surface area contributed by atoms with E-state index >= 15 is 0 Å². The number of rotatable bonds is 7. The summed E-state index contributed by atoms with van der Waals surface area (Å²) >= 11 is 0. The number of nitrogens with zero attached hydrogens (tertiary/aromatic N) is 1. The zero-order valence-corrected chi connectivity index (χ0v) is 14.3. The van der Waals surface area contributed by atoms with E-state index in [0.29, 0.717) is 0 Å². The molecule has 1 aliphatic heterocycles. The summed E-state index contributed by atoms with van der Waals surface area (Å²) < 4.78 is 10.6. The molecule has 4 nitrogen and oxygen atoms in total. The Balaban J connectivity index is 1.45. The Labute approximate surface area is 144 Å². The van der Waals surface area contributed by atoms with Crippen LogP contribution >= 0.6 is 0 Å². The molecule has 24 heavy (non-hydrogen) atoms. The van der Waals surface area contributed by atoms with Crippen LogP contribution in [0.4, 0.5) is 0 Å². The van der Waals surface area contributed by atoms with E-state index in [1.54, 1.807) is 7.11 Å². The second-order valence-corrected chi connectivity index (χ2v) is 6.16. The topological polar surface area (TPSA) is 33.7 Å². The van der Waals surface area contributed by atoms with Crippen LogP contribution < -0.4 is 10.1 Å². The smallest absolute Gasteiger partial charge is 0.119 e. The van der Waals surface area contributed by atoms with Gasteiger partial charge in [0, 0.05) is 32.7 Å². The van der Waals surface area contributed by atoms with Gasteiger partial charge in [0.15, 0.2) is 0 Å². The van der Waals surface area contributed by atoms with Gasteiger partial charge >= 0.3 is 0 Å². The molecule has 2 aromatic carbocycles. The average Bonchev–Trinajstić information content (AvgIpc) is 2.64. The minimum atomic E-state index is 0.840. The first-order valence-electron chi connectivity index (χ1n) is 8.55. The molecule has 2 aromatic rings. The SMILES string of the molecule is COc1cccc(CNCc2ccc(CN3CCOCC3)cc2)c1. The summed E-state index contributed by atoms with van der Waals surface area (Å²) in [6.45, 7) is 6.49. The summed E-state index contributed by atoms with van der Waals surface area (Å²) in [6, 6.07) is 17.1. The first-order chi connectivity index (χ1) is 11.8. The fourth-order valence-corrected chi connectivity index (χ4v) is 2.91. The molecular weight excluding hydrogens is 300 g/mol. The van der Waals surface area contributed by atoms with Gasteiger partial charge in [0.25, 0.3) is 0 Å². The van der Waals surface area contributed by atoms with Gasteiger partial charge in [0.05, 0.1) is 20.3 Å². The Morgan fingerprint density at radius 1 is 0.958 bits per heavy atom. The molecule has 0 amide bonds. The number of benzene rings is 2. The molecule has 1 aliphatic rings. The zero-order chi connectivity index (χ0) is 16.6. The molecule has 0 saturated carbocycles. The van der Waals surface area contributed by atoms with Crippen molar-refractivity contribution in [1.82, 2.24) is 10.2 Å². The lowest BCUT2D eigenvalue weighted by atomic mass is 10.1. The van der Waals surface area contributed by atoms with Gasteiger partial charge in [-0.2, -0.15) is 0 Å². The molecule has 4 heteroatoms. The summed E-state index contributed by atoms with van der Waals surface area (Å²) in [5, 5.41) is 3.49. The molecule has 128 valence electrons. The summed E-state index contributed by atoms with van der Waals surface area (Å²) in [5.74, 6) is 0.904. The lowest BCUT2D eigenvalue weighted by Gasteiger charge is -2.26. The maximum absolute atomic E-state index is 5.39. The molecule has 1 saturated heterocycles. The number of ether oxygens (including phenoxy) is 2. The van der Waals surface area contributed by atoms with Gasteiger partial charge in [-0.15, -0.1) is 0 Å². The number of nitrogens with one attached hydrogen (secondary N) is 1. The van der Waals surface area contributed by atoms with Gasteiger partial charge in [-0.3, -0.25) is 4.90 Å². The van der Waals surface area contributed by atoms with E-state index in [0.717, 1.165) is 51.7 Å². The maximum atomic E-state index is 5.39. The average molecular weight is 326 g/mol. The third-order valence-electron chi connectivity index (χ3n) is 4.33. The molecule has 1 heterocycles. The number of morpholine rings is 1. The molecule has 0 radical (unpaired) electrons. The van der Waals surface area contributed by atoms with E-state index < -0.39 is 0 Å². The van der Waals surface area contributed by atoms with Crippen molar-refractivity contribution in [2.45, 2.75) is 19.6 Å². The predicted molar refractivity (Wildman–Crippen MR) is 96.1 cm³/mol. The predicted octanol–water partition coefficient (Wildman–Crippen LogP) is 2.82. The third kappa shape index (κ3) is 5.06. The van der Waals surface area contributed by atoms with Crippen molar-refractivity contribution in [2.24, 2.45) is 0 Å². The van der Waals surface area contributed by atoms with Crippen molar-refractivity contribution < 1.29 is 9.47 Å². The van der Waals surface area contributed by atoms with Crippen LogP contribution in [0.5, 0.6) is 5.75 Å². The van der Waals surface area contributed by atoms with Crippen molar-refractivity contribution in [2.75, 3.05) is 33.4 Å². The van der Waals surface area contributed by atoms with Crippen LogP contribution in [0.1, 0.15) is 16.7 Å². The highest BCUT2D eigenvalue weighted by Crippen LogP contribution is 2.13. The van der Waals surface area contributed by atoms with Crippen molar-refractivity contribution in [3.8, 4) is 5.75 Å². The van der Waals surface area contributed by atoms with E-state index in [9.17, 15) is 0 Å². The highest BCUT2D eigenvalue weighted by molar-refractivity contribution is 5.28. The summed E-state index contributed by atoms with van der Waals surface area (Å²) in [5.41, 5.74) is 3.91. The van der Waals surface area contributed by atoms with Crippen LogP contribution in [-0.2, 0) is 24.4 Å². The first-order valence-corrected chi connectivity index (χ1v) is 8.55. The van der Waals surface area contributed by atoms with Gasteiger partial charge in [-0.1, -0.05) is 36.4 Å². The van der Waals surface area contributed by atoms with Crippen molar-refractivity contribution in [1.29, 1.82) is 0 Å². The Kier molecular flexibility index (Phi) is 6.24. The second kappa shape index (κ2) is 8.83. The number of hydrogen-bond donors (Lipinski definition) is 1. The highest BCUT2D eigenvalue weighted by Gasteiger charge is 2.10. The molecule has 0 bridgehead atoms. The zero-order valence-electron chi connectivity index (χ0n) is 14.3. The number of methoxy groups -OCH3 is 1. The maximum Gasteiger partial charge on any atom is 0.119 e. The van der Waals surface area contributed by atoms with Crippen LogP contribution in [0.15, 0.2) is 48.5 Å². The lowest BCUT2D eigenvalue weighted by molar-refractivity contribution is 0.0342. The molecule has 1 N–H and O–H groups in total. The van der Waals surface area contributed by atoms with Gasteiger partial charge in [-0.05, 0) is 28.8 Å². The lowest BCUT2D eigenvalue weighted by Crippen LogP contribution is -2.35. The van der Waals surface area contributed by atoms with E-state index in [4.69, 9.17) is 9.47 Å². The molecular formula is C20H26N2O2. The minimum absolute atomic E-state index is 0.840. The fraction of sp³-hybridized carbons (Fsp3) is 0.400. The van der Waals surface area contributed by atoms with Crippen LogP contribution in [0.3, 0.4) is 0 Å². The van der Waals surface area contributed by atoms with Gasteiger partial charge < -0.3 is 14.8 Å². The van der Waals surface area contributed by atoms with E-state index in [1.165, 1.54) is 16.7 Å². The Hall–Kier alpha value is -1.88. The quantitative estimate of drug-likeness (QED) is 0.848. The van der Waals surface area contributed by atoms with Crippen molar-refractivity contribution >= 4 is 0 Å². The number of hydrogen-bond acceptors (Lipinski definition) is 4. The largest absolute Gasteiger partial charge is 0.497 e. The normalized spacial score (nSPS) is 15.4. The van der Waals surface area contributed by atoms with E-state index in [-0.39, 0.29) is 0 Å². The molecule has 0 unspecified atom stereocenters. The van der Waals surface area contributed by atoms with Crippen molar-refractivity contribution in [3.63, 3.8) is 0 Å². The monoisotopic (exact) mass is 326 g/mol. The Morgan fingerprint density at radius 3 is 2.42 bits per heavy atom. The summed E-state index contributed by atoms with van der Waals surface area (Å²) in [7, 11) is 1.70. The van der Waals surface area contributed by atoms with Crippen LogP contribution in [0.2, 0.25) is 0 Å².